The molecule has 0 unspecified atom stereocenters. The van der Waals surface area contributed by atoms with E-state index in [1.807, 2.05) is 25.4 Å². The molecule has 0 amide bonds. The summed E-state index contributed by atoms with van der Waals surface area (Å²) in [5.41, 5.74) is 9.56. The summed E-state index contributed by atoms with van der Waals surface area (Å²) in [6.07, 6.45) is 7.74. The zero-order chi connectivity index (χ0) is 20.0. The number of benzene rings is 1. The molecule has 7 heteroatoms. The molecule has 7 nitrogen and oxygen atoms in total. The van der Waals surface area contributed by atoms with Gasteiger partial charge in [-0.25, -0.2) is 4.98 Å². The quantitative estimate of drug-likeness (QED) is 0.560. The molecule has 3 heterocycles. The molecular weight excluding hydrogens is 364 g/mol. The number of aryl methyl sites for hydroxylation is 1. The number of hydrogen-bond acceptors (Lipinski definition) is 6. The lowest BCUT2D eigenvalue weighted by Crippen LogP contribution is -2.28. The molecule has 0 saturated heterocycles. The van der Waals surface area contributed by atoms with Gasteiger partial charge in [0.2, 0.25) is 0 Å². The van der Waals surface area contributed by atoms with Crippen LogP contribution in [0.3, 0.4) is 0 Å². The molecule has 1 aliphatic rings. The molecule has 4 aromatic rings. The second-order valence-corrected chi connectivity index (χ2v) is 7.85. The van der Waals surface area contributed by atoms with E-state index in [4.69, 9.17) is 15.2 Å². The van der Waals surface area contributed by atoms with E-state index < -0.39 is 0 Å². The third kappa shape index (κ3) is 3.08. The van der Waals surface area contributed by atoms with Crippen molar-refractivity contribution in [3.63, 3.8) is 0 Å². The molecule has 1 saturated carbocycles. The van der Waals surface area contributed by atoms with Gasteiger partial charge in [-0.3, -0.25) is 4.68 Å². The third-order valence-corrected chi connectivity index (χ3v) is 5.84. The maximum absolute atomic E-state index is 5.70. The number of anilines is 1. The second kappa shape index (κ2) is 6.55. The van der Waals surface area contributed by atoms with Crippen LogP contribution in [0.5, 0.6) is 0 Å². The van der Waals surface area contributed by atoms with Crippen molar-refractivity contribution in [1.29, 1.82) is 0 Å². The van der Waals surface area contributed by atoms with E-state index in [0.29, 0.717) is 17.6 Å². The van der Waals surface area contributed by atoms with E-state index >= 15 is 0 Å². The summed E-state index contributed by atoms with van der Waals surface area (Å²) >= 11 is 0. The molecule has 1 aromatic carbocycles. The van der Waals surface area contributed by atoms with Crippen LogP contribution in [-0.2, 0) is 12.5 Å². The smallest absolute Gasteiger partial charge is 0.261 e. The first-order chi connectivity index (χ1) is 14.0. The number of nitrogen functional groups attached to an aromatic ring is 1. The number of hydrogen-bond donors (Lipinski definition) is 1. The van der Waals surface area contributed by atoms with Crippen LogP contribution >= 0.6 is 0 Å². The van der Waals surface area contributed by atoms with Crippen molar-refractivity contribution < 1.29 is 4.52 Å². The van der Waals surface area contributed by atoms with Crippen molar-refractivity contribution in [2.75, 3.05) is 5.73 Å². The Bertz CT molecular complexity index is 1140. The summed E-state index contributed by atoms with van der Waals surface area (Å²) in [6.45, 7) is 2.21. The second-order valence-electron chi connectivity index (χ2n) is 7.85. The van der Waals surface area contributed by atoms with Crippen molar-refractivity contribution in [2.45, 2.75) is 25.2 Å². The number of rotatable bonds is 5. The maximum Gasteiger partial charge on any atom is 0.261 e. The van der Waals surface area contributed by atoms with E-state index in [2.05, 4.69) is 46.4 Å². The lowest BCUT2D eigenvalue weighted by molar-refractivity contribution is 0.386. The summed E-state index contributed by atoms with van der Waals surface area (Å²) in [6, 6.07) is 12.3. The molecule has 3 aromatic heterocycles. The highest BCUT2D eigenvalue weighted by Crippen LogP contribution is 2.50. The predicted molar refractivity (Wildman–Crippen MR) is 110 cm³/mol. The summed E-state index contributed by atoms with van der Waals surface area (Å²) < 4.78 is 7.31. The average molecular weight is 386 g/mol. The average Bonchev–Trinajstić information content (AvgIpc) is 3.32. The normalized spacial score (nSPS) is 15.9. The van der Waals surface area contributed by atoms with E-state index in [0.717, 1.165) is 35.4 Å². The molecular formula is C22H22N6O. The van der Waals surface area contributed by atoms with Crippen LogP contribution in [0.1, 0.15) is 31.2 Å². The van der Waals surface area contributed by atoms with Gasteiger partial charge in [0, 0.05) is 25.0 Å². The molecule has 0 aliphatic heterocycles. The zero-order valence-corrected chi connectivity index (χ0v) is 16.4. The Morgan fingerprint density at radius 1 is 1.03 bits per heavy atom. The summed E-state index contributed by atoms with van der Waals surface area (Å²) in [5.74, 6) is 2.25. The maximum atomic E-state index is 5.70. The van der Waals surface area contributed by atoms with E-state index in [1.54, 1.807) is 17.1 Å². The molecule has 1 atom stereocenters. The molecule has 2 N–H and O–H groups in total. The molecule has 0 radical (unpaired) electrons. The molecule has 0 spiro atoms. The Labute approximate surface area is 168 Å². The van der Waals surface area contributed by atoms with Gasteiger partial charge in [-0.2, -0.15) is 10.1 Å². The summed E-state index contributed by atoms with van der Waals surface area (Å²) in [7, 11) is 1.87. The highest BCUT2D eigenvalue weighted by molar-refractivity contribution is 5.64. The minimum atomic E-state index is -0.290. The van der Waals surface area contributed by atoms with Gasteiger partial charge in [0.25, 0.3) is 5.89 Å². The Balaban J connectivity index is 1.50. The minimum absolute atomic E-state index is 0.290. The highest BCUT2D eigenvalue weighted by Gasteiger charge is 2.47. The van der Waals surface area contributed by atoms with Crippen LogP contribution in [0.2, 0.25) is 0 Å². The van der Waals surface area contributed by atoms with Crippen molar-refractivity contribution in [3.8, 4) is 22.6 Å². The van der Waals surface area contributed by atoms with Gasteiger partial charge in [-0.1, -0.05) is 29.4 Å². The highest BCUT2D eigenvalue weighted by atomic mass is 16.5. The zero-order valence-electron chi connectivity index (χ0n) is 16.4. The Morgan fingerprint density at radius 2 is 1.79 bits per heavy atom. The first-order valence-electron chi connectivity index (χ1n) is 9.69. The molecule has 146 valence electrons. The van der Waals surface area contributed by atoms with Gasteiger partial charge < -0.3 is 10.3 Å². The van der Waals surface area contributed by atoms with Crippen LogP contribution in [0.4, 0.5) is 5.82 Å². The minimum Gasteiger partial charge on any atom is -0.384 e. The fourth-order valence-electron chi connectivity index (χ4n) is 3.88. The van der Waals surface area contributed by atoms with Gasteiger partial charge in [0.1, 0.15) is 5.82 Å². The van der Waals surface area contributed by atoms with Crippen molar-refractivity contribution >= 4 is 5.82 Å². The first-order valence-corrected chi connectivity index (χ1v) is 9.69. The topological polar surface area (TPSA) is 95.7 Å². The number of pyridine rings is 1. The SMILES string of the molecule is Cn1cc(-c2nc([C@@](C)(c3ccc(-c4ccc(N)nc4)cc3)C3CC3)no2)cn1. The van der Waals surface area contributed by atoms with Crippen LogP contribution < -0.4 is 5.73 Å². The fourth-order valence-corrected chi connectivity index (χ4v) is 3.88. The van der Waals surface area contributed by atoms with Gasteiger partial charge in [0.05, 0.1) is 17.2 Å². The van der Waals surface area contributed by atoms with Gasteiger partial charge in [0.15, 0.2) is 5.82 Å². The summed E-state index contributed by atoms with van der Waals surface area (Å²) in [5, 5.41) is 8.54. The number of aromatic nitrogens is 5. The van der Waals surface area contributed by atoms with Gasteiger partial charge >= 0.3 is 0 Å². The van der Waals surface area contributed by atoms with E-state index in [-0.39, 0.29) is 5.41 Å². The molecule has 0 bridgehead atoms. The molecule has 5 rings (SSSR count). The molecule has 1 aliphatic carbocycles. The number of nitrogens with two attached hydrogens (primary N) is 1. The lowest BCUT2D eigenvalue weighted by atomic mass is 9.76. The van der Waals surface area contributed by atoms with Crippen LogP contribution in [0.15, 0.2) is 59.5 Å². The van der Waals surface area contributed by atoms with Crippen LogP contribution in [0, 0.1) is 5.92 Å². The van der Waals surface area contributed by atoms with Crippen molar-refractivity contribution in [2.24, 2.45) is 13.0 Å². The lowest BCUT2D eigenvalue weighted by Gasteiger charge is -2.27. The summed E-state index contributed by atoms with van der Waals surface area (Å²) in [4.78, 5) is 8.92. The van der Waals surface area contributed by atoms with Crippen LogP contribution in [-0.4, -0.2) is 24.9 Å². The van der Waals surface area contributed by atoms with E-state index in [9.17, 15) is 0 Å². The van der Waals surface area contributed by atoms with Gasteiger partial charge in [-0.15, -0.1) is 0 Å². The van der Waals surface area contributed by atoms with E-state index in [1.165, 1.54) is 5.56 Å². The van der Waals surface area contributed by atoms with Crippen molar-refractivity contribution in [3.05, 3.63) is 66.4 Å². The molecule has 1 fully saturated rings. The Hall–Kier alpha value is -3.48. The first kappa shape index (κ1) is 17.6. The van der Waals surface area contributed by atoms with Crippen LogP contribution in [0.25, 0.3) is 22.6 Å². The predicted octanol–water partition coefficient (Wildman–Crippen LogP) is 3.83. The largest absolute Gasteiger partial charge is 0.384 e. The molecule has 29 heavy (non-hydrogen) atoms. The monoisotopic (exact) mass is 386 g/mol. The fraction of sp³-hybridized carbons (Fsp3) is 0.273. The van der Waals surface area contributed by atoms with Gasteiger partial charge in [-0.05, 0) is 48.9 Å². The standard InChI is InChI=1S/C22H22N6O/c1-22(18-8-9-18,21-26-20(29-27-21)16-12-25-28(2)13-16)17-6-3-14(4-7-17)15-5-10-19(23)24-11-15/h3-7,10-13,18H,8-9H2,1-2H3,(H2,23,24)/t22-/m0/s1. The Kier molecular flexibility index (Phi) is 3.97. The Morgan fingerprint density at radius 3 is 2.41 bits per heavy atom. The number of nitrogens with zero attached hydrogens (tertiary/aromatic N) is 5. The third-order valence-electron chi connectivity index (χ3n) is 5.84. The van der Waals surface area contributed by atoms with Crippen molar-refractivity contribution in [1.82, 2.24) is 24.9 Å².